The first kappa shape index (κ1) is 18.5. The predicted octanol–water partition coefficient (Wildman–Crippen LogP) is 7.40. The molecule has 0 aliphatic rings. The molecule has 0 radical (unpaired) electrons. The van der Waals surface area contributed by atoms with Gasteiger partial charge in [-0.1, -0.05) is 93.1 Å². The van der Waals surface area contributed by atoms with Gasteiger partial charge in [-0.05, 0) is 48.1 Å². The lowest BCUT2D eigenvalue weighted by Crippen LogP contribution is -2.22. The molecule has 0 aromatic heterocycles. The van der Waals surface area contributed by atoms with Crippen LogP contribution in [0.4, 0.5) is 0 Å². The van der Waals surface area contributed by atoms with Gasteiger partial charge in [-0.3, -0.25) is 0 Å². The number of hydrogen-bond donors (Lipinski definition) is 0. The molecule has 0 heterocycles. The zero-order valence-electron chi connectivity index (χ0n) is 15.1. The Morgan fingerprint density at radius 1 is 1.08 bits per heavy atom. The van der Waals surface area contributed by atoms with E-state index in [0.717, 1.165) is 17.0 Å². The van der Waals surface area contributed by atoms with Gasteiger partial charge in [0.25, 0.3) is 0 Å². The molecular formula is C23H27Cl. The fourth-order valence-corrected chi connectivity index (χ4v) is 2.90. The topological polar surface area (TPSA) is 0 Å². The van der Waals surface area contributed by atoms with Crippen LogP contribution in [0, 0.1) is 0 Å². The van der Waals surface area contributed by atoms with E-state index in [2.05, 4.69) is 82.8 Å². The second-order valence-electron chi connectivity index (χ2n) is 7.05. The van der Waals surface area contributed by atoms with Gasteiger partial charge in [-0.2, -0.15) is 0 Å². The van der Waals surface area contributed by atoms with Crippen molar-refractivity contribution in [2.24, 2.45) is 0 Å². The van der Waals surface area contributed by atoms with Crippen molar-refractivity contribution in [2.45, 2.75) is 45.4 Å². The maximum absolute atomic E-state index is 6.02. The third-order valence-corrected chi connectivity index (χ3v) is 5.11. The molecule has 0 nitrogen and oxygen atoms in total. The molecular weight excluding hydrogens is 312 g/mol. The maximum Gasteiger partial charge on any atom is 0.0406 e. The summed E-state index contributed by atoms with van der Waals surface area (Å²) < 4.78 is 0. The number of rotatable bonds is 6. The number of benzene rings is 2. The molecule has 2 aromatic carbocycles. The van der Waals surface area contributed by atoms with Gasteiger partial charge in [-0.15, -0.1) is 0 Å². The lowest BCUT2D eigenvalue weighted by Gasteiger charge is -2.30. The summed E-state index contributed by atoms with van der Waals surface area (Å²) >= 11 is 6.02. The Morgan fingerprint density at radius 2 is 1.67 bits per heavy atom. The Hall–Kier alpha value is -1.79. The average Bonchev–Trinajstić information content (AvgIpc) is 2.55. The van der Waals surface area contributed by atoms with Gasteiger partial charge in [0.1, 0.15) is 0 Å². The van der Waals surface area contributed by atoms with Gasteiger partial charge >= 0.3 is 0 Å². The minimum absolute atomic E-state index is 0.0844. The first-order valence-electron chi connectivity index (χ1n) is 8.51. The normalized spacial score (nSPS) is 14.1. The van der Waals surface area contributed by atoms with Gasteiger partial charge in [0, 0.05) is 10.4 Å². The minimum atomic E-state index is -0.0844. The summed E-state index contributed by atoms with van der Waals surface area (Å²) in [5.41, 5.74) is 4.93. The molecule has 0 unspecified atom stereocenters. The Kier molecular flexibility index (Phi) is 6.07. The fraction of sp³-hybridized carbons (Fsp3) is 0.304. The lowest BCUT2D eigenvalue weighted by molar-refractivity contribution is 0.569. The molecule has 2 aromatic rings. The summed E-state index contributed by atoms with van der Waals surface area (Å²) in [6, 6.07) is 16.9. The molecule has 24 heavy (non-hydrogen) atoms. The largest absolute Gasteiger partial charge is 0.0992 e. The Bertz CT molecular complexity index is 705. The number of hydrogen-bond acceptors (Lipinski definition) is 0. The summed E-state index contributed by atoms with van der Waals surface area (Å²) in [6.07, 6.45) is 5.35. The van der Waals surface area contributed by atoms with Crippen LogP contribution >= 0.6 is 11.6 Å². The van der Waals surface area contributed by atoms with Gasteiger partial charge < -0.3 is 0 Å². The maximum atomic E-state index is 6.02. The van der Waals surface area contributed by atoms with E-state index >= 15 is 0 Å². The van der Waals surface area contributed by atoms with E-state index in [1.165, 1.54) is 16.7 Å². The molecule has 0 amide bonds. The van der Waals surface area contributed by atoms with Crippen molar-refractivity contribution in [3.8, 4) is 0 Å². The van der Waals surface area contributed by atoms with Crippen molar-refractivity contribution in [3.63, 3.8) is 0 Å². The summed E-state index contributed by atoms with van der Waals surface area (Å²) in [6.45, 7) is 13.0. The van der Waals surface area contributed by atoms with Crippen LogP contribution in [0.15, 0.2) is 66.8 Å². The molecule has 1 atom stereocenters. The second-order valence-corrected chi connectivity index (χ2v) is 7.48. The van der Waals surface area contributed by atoms with Crippen LogP contribution in [-0.2, 0) is 5.41 Å². The predicted molar refractivity (Wildman–Crippen MR) is 108 cm³/mol. The van der Waals surface area contributed by atoms with Crippen LogP contribution < -0.4 is 0 Å². The van der Waals surface area contributed by atoms with Crippen LogP contribution in [0.5, 0.6) is 0 Å². The highest BCUT2D eigenvalue weighted by molar-refractivity contribution is 6.30. The van der Waals surface area contributed by atoms with E-state index in [-0.39, 0.29) is 5.41 Å². The molecule has 1 heteroatoms. The zero-order valence-corrected chi connectivity index (χ0v) is 15.9. The zero-order chi connectivity index (χ0) is 17.7. The third-order valence-electron chi connectivity index (χ3n) is 4.86. The molecule has 0 spiro atoms. The summed E-state index contributed by atoms with van der Waals surface area (Å²) in [4.78, 5) is 0. The highest BCUT2D eigenvalue weighted by Gasteiger charge is 2.26. The molecule has 0 fully saturated rings. The summed E-state index contributed by atoms with van der Waals surface area (Å²) in [5.74, 6) is 0.569. The number of allylic oxidation sites excluding steroid dienone is 2. The molecule has 0 saturated heterocycles. The van der Waals surface area contributed by atoms with Crippen LogP contribution in [0.2, 0.25) is 5.02 Å². The Morgan fingerprint density at radius 3 is 2.17 bits per heavy atom. The molecule has 0 aliphatic carbocycles. The Balaban J connectivity index is 2.16. The van der Waals surface area contributed by atoms with Crippen molar-refractivity contribution in [3.05, 3.63) is 88.5 Å². The third kappa shape index (κ3) is 4.39. The minimum Gasteiger partial charge on any atom is -0.0992 e. The molecule has 0 aliphatic heterocycles. The van der Waals surface area contributed by atoms with Gasteiger partial charge in [0.05, 0.1) is 0 Å². The van der Waals surface area contributed by atoms with Crippen LogP contribution in [0.25, 0.3) is 6.08 Å². The van der Waals surface area contributed by atoms with Gasteiger partial charge in [-0.25, -0.2) is 0 Å². The molecule has 126 valence electrons. The average molecular weight is 339 g/mol. The molecule has 0 saturated carbocycles. The standard InChI is InChI=1S/C23H27Cl/c1-17(2)20-10-8-19(9-11-20)7-6-16-23(5,18(3)4)21-12-14-22(24)15-13-21/h6-15,17H,3,16H2,1-2,4-5H3/b7-6+/t23-/m1/s1. The SMILES string of the molecule is C=C(C)[C@@](C)(C/C=C/c1ccc(C(C)C)cc1)c1ccc(Cl)cc1. The van der Waals surface area contributed by atoms with Crippen LogP contribution in [0.3, 0.4) is 0 Å². The van der Waals surface area contributed by atoms with Crippen LogP contribution in [0.1, 0.15) is 56.7 Å². The van der Waals surface area contributed by atoms with E-state index in [1.54, 1.807) is 0 Å². The van der Waals surface area contributed by atoms with E-state index < -0.39 is 0 Å². The smallest absolute Gasteiger partial charge is 0.0406 e. The quantitative estimate of drug-likeness (QED) is 0.481. The van der Waals surface area contributed by atoms with E-state index in [4.69, 9.17) is 11.6 Å². The first-order chi connectivity index (χ1) is 11.3. The van der Waals surface area contributed by atoms with E-state index in [9.17, 15) is 0 Å². The molecule has 0 N–H and O–H groups in total. The lowest BCUT2D eigenvalue weighted by atomic mass is 9.74. The summed E-state index contributed by atoms with van der Waals surface area (Å²) in [5, 5.41) is 0.767. The summed E-state index contributed by atoms with van der Waals surface area (Å²) in [7, 11) is 0. The Labute approximate surface area is 151 Å². The molecule has 2 rings (SSSR count). The highest BCUT2D eigenvalue weighted by Crippen LogP contribution is 2.35. The fourth-order valence-electron chi connectivity index (χ4n) is 2.78. The van der Waals surface area contributed by atoms with Crippen molar-refractivity contribution in [2.75, 3.05) is 0 Å². The number of halogens is 1. The van der Waals surface area contributed by atoms with E-state index in [1.807, 2.05) is 12.1 Å². The second kappa shape index (κ2) is 7.85. The van der Waals surface area contributed by atoms with Gasteiger partial charge in [0.2, 0.25) is 0 Å². The first-order valence-corrected chi connectivity index (χ1v) is 8.89. The van der Waals surface area contributed by atoms with Crippen molar-refractivity contribution >= 4 is 17.7 Å². The van der Waals surface area contributed by atoms with Crippen molar-refractivity contribution in [1.29, 1.82) is 0 Å². The van der Waals surface area contributed by atoms with Gasteiger partial charge in [0.15, 0.2) is 0 Å². The van der Waals surface area contributed by atoms with Crippen molar-refractivity contribution in [1.82, 2.24) is 0 Å². The highest BCUT2D eigenvalue weighted by atomic mass is 35.5. The monoisotopic (exact) mass is 338 g/mol. The molecule has 0 bridgehead atoms. The van der Waals surface area contributed by atoms with E-state index in [0.29, 0.717) is 5.92 Å². The van der Waals surface area contributed by atoms with Crippen LogP contribution in [-0.4, -0.2) is 0 Å². The van der Waals surface area contributed by atoms with Crippen molar-refractivity contribution < 1.29 is 0 Å².